The van der Waals surface area contributed by atoms with E-state index in [4.69, 9.17) is 5.73 Å². The van der Waals surface area contributed by atoms with Gasteiger partial charge in [-0.2, -0.15) is 5.26 Å². The van der Waals surface area contributed by atoms with E-state index in [2.05, 4.69) is 26.3 Å². The lowest BCUT2D eigenvalue weighted by Gasteiger charge is -2.37. The standard InChI is InChI=1S/C20H24N8O/c1-26-8-9-28(20(26)29)16-6-3-7-27(13-16)18-12-23-17(11-21)19(25-18)24-15-5-2-4-14(22)10-15/h2,4-5,10,12,16H,3,6-9,13,22H2,1H3,(H,24,25)/t16-/m0/s1. The van der Waals surface area contributed by atoms with Crippen LogP contribution in [0, 0.1) is 11.3 Å². The molecule has 150 valence electrons. The SMILES string of the molecule is CN1CCN([C@H]2CCCN(c3cnc(C#N)c(Nc4cccc(N)c4)n3)C2)C1=O. The number of carbonyl (C=O) groups is 1. The number of benzene rings is 1. The van der Waals surface area contributed by atoms with Crippen molar-refractivity contribution in [1.29, 1.82) is 5.26 Å². The molecule has 2 fully saturated rings. The van der Waals surface area contributed by atoms with Crippen LogP contribution >= 0.6 is 0 Å². The van der Waals surface area contributed by atoms with Crippen LogP contribution < -0.4 is 16.0 Å². The maximum absolute atomic E-state index is 12.4. The van der Waals surface area contributed by atoms with Gasteiger partial charge in [-0.15, -0.1) is 0 Å². The first-order valence-corrected chi connectivity index (χ1v) is 9.71. The summed E-state index contributed by atoms with van der Waals surface area (Å²) >= 11 is 0. The highest BCUT2D eigenvalue weighted by Crippen LogP contribution is 2.26. The molecule has 4 rings (SSSR count). The number of nitrogens with zero attached hydrogens (tertiary/aromatic N) is 6. The number of nitriles is 1. The van der Waals surface area contributed by atoms with Gasteiger partial charge in [0.25, 0.3) is 0 Å². The molecule has 2 aromatic rings. The number of hydrogen-bond acceptors (Lipinski definition) is 7. The molecule has 29 heavy (non-hydrogen) atoms. The minimum atomic E-state index is 0.0896. The molecule has 3 heterocycles. The smallest absolute Gasteiger partial charge is 0.320 e. The van der Waals surface area contributed by atoms with Crippen LogP contribution in [0.1, 0.15) is 18.5 Å². The zero-order valence-electron chi connectivity index (χ0n) is 16.4. The predicted molar refractivity (Wildman–Crippen MR) is 111 cm³/mol. The number of nitrogens with one attached hydrogen (secondary N) is 1. The van der Waals surface area contributed by atoms with Crippen molar-refractivity contribution in [3.8, 4) is 6.07 Å². The maximum atomic E-state index is 12.4. The van der Waals surface area contributed by atoms with Crippen LogP contribution in [0.4, 0.5) is 27.8 Å². The number of piperidine rings is 1. The van der Waals surface area contributed by atoms with Crippen molar-refractivity contribution in [1.82, 2.24) is 19.8 Å². The Bertz CT molecular complexity index is 956. The summed E-state index contributed by atoms with van der Waals surface area (Å²) in [5.41, 5.74) is 7.43. The average molecular weight is 392 g/mol. The number of hydrogen-bond donors (Lipinski definition) is 2. The second-order valence-corrected chi connectivity index (χ2v) is 7.43. The Labute approximate surface area is 169 Å². The number of likely N-dealkylation sites (N-methyl/N-ethyl adjacent to an activating group) is 1. The molecule has 0 radical (unpaired) electrons. The van der Waals surface area contributed by atoms with Gasteiger partial charge >= 0.3 is 6.03 Å². The topological polar surface area (TPSA) is 114 Å². The van der Waals surface area contributed by atoms with E-state index < -0.39 is 0 Å². The molecule has 9 nitrogen and oxygen atoms in total. The van der Waals surface area contributed by atoms with Crippen molar-refractivity contribution in [3.05, 3.63) is 36.2 Å². The number of anilines is 4. The van der Waals surface area contributed by atoms with Crippen molar-refractivity contribution < 1.29 is 4.79 Å². The minimum Gasteiger partial charge on any atom is -0.399 e. The number of rotatable bonds is 4. The zero-order valence-corrected chi connectivity index (χ0v) is 16.4. The second-order valence-electron chi connectivity index (χ2n) is 7.43. The Morgan fingerprint density at radius 1 is 1.31 bits per heavy atom. The number of aromatic nitrogens is 2. The molecule has 1 atom stereocenters. The first kappa shape index (κ1) is 18.8. The molecule has 1 aromatic carbocycles. The van der Waals surface area contributed by atoms with Crippen LogP contribution in [0.3, 0.4) is 0 Å². The summed E-state index contributed by atoms with van der Waals surface area (Å²) in [5, 5.41) is 12.6. The summed E-state index contributed by atoms with van der Waals surface area (Å²) in [7, 11) is 1.84. The molecule has 0 spiro atoms. The van der Waals surface area contributed by atoms with E-state index in [1.54, 1.807) is 23.2 Å². The largest absolute Gasteiger partial charge is 0.399 e. The lowest BCUT2D eigenvalue weighted by Crippen LogP contribution is -2.49. The molecular weight excluding hydrogens is 368 g/mol. The highest BCUT2D eigenvalue weighted by atomic mass is 16.2. The van der Waals surface area contributed by atoms with Gasteiger partial charge in [0.1, 0.15) is 11.9 Å². The van der Waals surface area contributed by atoms with Gasteiger partial charge < -0.3 is 25.8 Å². The highest BCUT2D eigenvalue weighted by Gasteiger charge is 2.34. The van der Waals surface area contributed by atoms with Crippen LogP contribution in [0.5, 0.6) is 0 Å². The van der Waals surface area contributed by atoms with E-state index in [1.807, 2.05) is 24.1 Å². The summed E-state index contributed by atoms with van der Waals surface area (Å²) in [4.78, 5) is 27.2. The molecule has 0 saturated carbocycles. The number of nitrogens with two attached hydrogens (primary N) is 1. The Kier molecular flexibility index (Phi) is 5.08. The Morgan fingerprint density at radius 3 is 2.90 bits per heavy atom. The molecule has 2 aliphatic rings. The quantitative estimate of drug-likeness (QED) is 0.765. The first-order chi connectivity index (χ1) is 14.0. The van der Waals surface area contributed by atoms with Crippen LogP contribution in [-0.4, -0.2) is 65.1 Å². The van der Waals surface area contributed by atoms with Gasteiger partial charge in [-0.25, -0.2) is 14.8 Å². The van der Waals surface area contributed by atoms with Gasteiger partial charge in [-0.1, -0.05) is 6.07 Å². The molecule has 2 saturated heterocycles. The van der Waals surface area contributed by atoms with Gasteiger partial charge in [-0.05, 0) is 31.0 Å². The Morgan fingerprint density at radius 2 is 2.17 bits per heavy atom. The molecule has 2 amide bonds. The zero-order chi connectivity index (χ0) is 20.4. The van der Waals surface area contributed by atoms with Crippen LogP contribution in [-0.2, 0) is 0 Å². The Hall–Kier alpha value is -3.54. The maximum Gasteiger partial charge on any atom is 0.320 e. The molecule has 0 unspecified atom stereocenters. The number of amides is 2. The van der Waals surface area contributed by atoms with Crippen molar-refractivity contribution >= 4 is 29.0 Å². The van der Waals surface area contributed by atoms with E-state index in [-0.39, 0.29) is 17.8 Å². The van der Waals surface area contributed by atoms with Crippen molar-refractivity contribution in [2.75, 3.05) is 49.2 Å². The minimum absolute atomic E-state index is 0.0896. The van der Waals surface area contributed by atoms with Crippen LogP contribution in [0.25, 0.3) is 0 Å². The lowest BCUT2D eigenvalue weighted by atomic mass is 10.0. The fourth-order valence-electron chi connectivity index (χ4n) is 3.88. The lowest BCUT2D eigenvalue weighted by molar-refractivity contribution is 0.175. The Balaban J connectivity index is 1.55. The van der Waals surface area contributed by atoms with E-state index in [1.165, 1.54) is 0 Å². The van der Waals surface area contributed by atoms with E-state index in [0.29, 0.717) is 23.9 Å². The summed E-state index contributed by atoms with van der Waals surface area (Å²) in [6, 6.07) is 9.59. The van der Waals surface area contributed by atoms with E-state index >= 15 is 0 Å². The van der Waals surface area contributed by atoms with Gasteiger partial charge in [0.05, 0.1) is 12.2 Å². The normalized spacial score (nSPS) is 19.4. The fraction of sp³-hybridized carbons (Fsp3) is 0.400. The third kappa shape index (κ3) is 3.87. The van der Waals surface area contributed by atoms with Crippen molar-refractivity contribution in [2.24, 2.45) is 0 Å². The molecule has 1 aromatic heterocycles. The van der Waals surface area contributed by atoms with E-state index in [9.17, 15) is 10.1 Å². The molecule has 0 bridgehead atoms. The first-order valence-electron chi connectivity index (χ1n) is 9.71. The van der Waals surface area contributed by atoms with Gasteiger partial charge in [0.2, 0.25) is 0 Å². The summed E-state index contributed by atoms with van der Waals surface area (Å²) < 4.78 is 0. The summed E-state index contributed by atoms with van der Waals surface area (Å²) in [6.07, 6.45) is 3.58. The van der Waals surface area contributed by atoms with Gasteiger partial charge in [-0.3, -0.25) is 0 Å². The van der Waals surface area contributed by atoms with Crippen molar-refractivity contribution in [2.45, 2.75) is 18.9 Å². The van der Waals surface area contributed by atoms with E-state index in [0.717, 1.165) is 38.2 Å². The average Bonchev–Trinajstić information content (AvgIpc) is 3.07. The second kappa shape index (κ2) is 7.83. The molecular formula is C20H24N8O. The third-order valence-corrected chi connectivity index (χ3v) is 5.42. The monoisotopic (exact) mass is 392 g/mol. The predicted octanol–water partition coefficient (Wildman–Crippen LogP) is 2.01. The van der Waals surface area contributed by atoms with Crippen LogP contribution in [0.15, 0.2) is 30.5 Å². The van der Waals surface area contributed by atoms with Gasteiger partial charge in [0.15, 0.2) is 11.5 Å². The summed E-state index contributed by atoms with van der Waals surface area (Å²) in [6.45, 7) is 3.07. The molecule has 9 heteroatoms. The number of urea groups is 1. The highest BCUT2D eigenvalue weighted by molar-refractivity contribution is 5.76. The number of carbonyl (C=O) groups excluding carboxylic acids is 1. The number of nitrogen functional groups attached to an aromatic ring is 1. The van der Waals surface area contributed by atoms with Crippen molar-refractivity contribution in [3.63, 3.8) is 0 Å². The summed E-state index contributed by atoms with van der Waals surface area (Å²) in [5.74, 6) is 1.09. The molecule has 2 aliphatic heterocycles. The molecule has 0 aliphatic carbocycles. The van der Waals surface area contributed by atoms with Crippen LogP contribution in [0.2, 0.25) is 0 Å². The molecule has 3 N–H and O–H groups in total. The third-order valence-electron chi connectivity index (χ3n) is 5.42. The van der Waals surface area contributed by atoms with Gasteiger partial charge in [0, 0.05) is 44.6 Å². The fourth-order valence-corrected chi connectivity index (χ4v) is 3.88.